The van der Waals surface area contributed by atoms with Gasteiger partial charge in [0.15, 0.2) is 0 Å². The van der Waals surface area contributed by atoms with Crippen molar-refractivity contribution < 1.29 is 9.90 Å². The third kappa shape index (κ3) is 2.89. The topological polar surface area (TPSA) is 61.7 Å². The number of nitrogens with zero attached hydrogens (tertiary/aromatic N) is 1. The number of nitrogens with one attached hydrogen (secondary N) is 1. The molecular weight excluding hydrogens is 324 g/mol. The summed E-state index contributed by atoms with van der Waals surface area (Å²) in [7, 11) is 0. The molecule has 1 amide bonds. The predicted molar refractivity (Wildman–Crippen MR) is 104 cm³/mol. The lowest BCUT2D eigenvalue weighted by atomic mass is 10.1. The number of aliphatic hydroxyl groups excluding tert-OH is 1. The van der Waals surface area contributed by atoms with Crippen molar-refractivity contribution in [3.63, 3.8) is 0 Å². The van der Waals surface area contributed by atoms with Crippen molar-refractivity contribution in [1.29, 1.82) is 0 Å². The van der Waals surface area contributed by atoms with Gasteiger partial charge in [-0.05, 0) is 24.3 Å². The summed E-state index contributed by atoms with van der Waals surface area (Å²) in [4.78, 5) is 17.5. The predicted octanol–water partition coefficient (Wildman–Crippen LogP) is 4.73. The number of aliphatic imine (C=N–C) groups is 1. The van der Waals surface area contributed by atoms with Gasteiger partial charge in [-0.1, -0.05) is 60.7 Å². The van der Waals surface area contributed by atoms with E-state index >= 15 is 0 Å². The first kappa shape index (κ1) is 15.8. The SMILES string of the molecule is O=C(Nc1ccccc1)C1=C(O)c2ccccc2C1=Nc1ccccc1. The van der Waals surface area contributed by atoms with Crippen LogP contribution in [-0.4, -0.2) is 16.7 Å². The molecule has 1 aliphatic carbocycles. The number of amides is 1. The van der Waals surface area contributed by atoms with Gasteiger partial charge in [-0.2, -0.15) is 0 Å². The fourth-order valence-electron chi connectivity index (χ4n) is 2.96. The van der Waals surface area contributed by atoms with Gasteiger partial charge in [0.05, 0.1) is 11.4 Å². The minimum absolute atomic E-state index is 0.0521. The van der Waals surface area contributed by atoms with E-state index in [1.807, 2.05) is 66.7 Å². The first-order chi connectivity index (χ1) is 12.7. The Morgan fingerprint density at radius 3 is 2.04 bits per heavy atom. The average molecular weight is 340 g/mol. The third-order valence-electron chi connectivity index (χ3n) is 4.17. The molecular formula is C22H16N2O2. The van der Waals surface area contributed by atoms with E-state index in [-0.39, 0.29) is 17.2 Å². The van der Waals surface area contributed by atoms with Crippen LogP contribution in [-0.2, 0) is 4.79 Å². The van der Waals surface area contributed by atoms with Crippen LogP contribution in [0.5, 0.6) is 0 Å². The van der Waals surface area contributed by atoms with E-state index in [1.54, 1.807) is 18.2 Å². The standard InChI is InChI=1S/C22H16N2O2/c25-21-18-14-8-7-13-17(18)20(23-15-9-3-1-4-10-15)19(21)22(26)24-16-11-5-2-6-12-16/h1-14,25H,(H,24,26). The summed E-state index contributed by atoms with van der Waals surface area (Å²) in [5.74, 6) is -0.441. The molecule has 1 aliphatic rings. The summed E-state index contributed by atoms with van der Waals surface area (Å²) < 4.78 is 0. The number of anilines is 1. The van der Waals surface area contributed by atoms with E-state index in [9.17, 15) is 9.90 Å². The molecule has 3 aromatic carbocycles. The van der Waals surface area contributed by atoms with Gasteiger partial charge in [-0.25, -0.2) is 4.99 Å². The number of carbonyl (C=O) groups excluding carboxylic acids is 1. The van der Waals surface area contributed by atoms with Gasteiger partial charge >= 0.3 is 0 Å². The molecule has 0 saturated carbocycles. The Hall–Kier alpha value is -3.66. The highest BCUT2D eigenvalue weighted by atomic mass is 16.3. The lowest BCUT2D eigenvalue weighted by Crippen LogP contribution is -2.19. The average Bonchev–Trinajstić information content (AvgIpc) is 2.96. The molecule has 0 atom stereocenters. The zero-order valence-electron chi connectivity index (χ0n) is 13.9. The highest BCUT2D eigenvalue weighted by Crippen LogP contribution is 2.33. The van der Waals surface area contributed by atoms with Gasteiger partial charge in [-0.3, -0.25) is 4.79 Å². The summed E-state index contributed by atoms with van der Waals surface area (Å²) >= 11 is 0. The van der Waals surface area contributed by atoms with Crippen LogP contribution < -0.4 is 5.32 Å². The molecule has 0 bridgehead atoms. The van der Waals surface area contributed by atoms with Crippen molar-refractivity contribution in [2.45, 2.75) is 0 Å². The van der Waals surface area contributed by atoms with E-state index in [0.717, 1.165) is 11.3 Å². The molecule has 126 valence electrons. The number of hydrogen-bond donors (Lipinski definition) is 2. The first-order valence-corrected chi connectivity index (χ1v) is 8.27. The molecule has 0 radical (unpaired) electrons. The summed E-state index contributed by atoms with van der Waals surface area (Å²) in [6.07, 6.45) is 0. The minimum atomic E-state index is -0.389. The second-order valence-electron chi connectivity index (χ2n) is 5.89. The Labute approximate surface area is 151 Å². The fourth-order valence-corrected chi connectivity index (χ4v) is 2.96. The van der Waals surface area contributed by atoms with Crippen LogP contribution in [0, 0.1) is 0 Å². The maximum Gasteiger partial charge on any atom is 0.261 e. The van der Waals surface area contributed by atoms with Gasteiger partial charge in [0.1, 0.15) is 11.3 Å². The second-order valence-corrected chi connectivity index (χ2v) is 5.89. The lowest BCUT2D eigenvalue weighted by Gasteiger charge is -2.08. The van der Waals surface area contributed by atoms with Crippen LogP contribution in [0.1, 0.15) is 11.1 Å². The first-order valence-electron chi connectivity index (χ1n) is 8.27. The van der Waals surface area contributed by atoms with Crippen molar-refractivity contribution in [2.24, 2.45) is 4.99 Å². The molecule has 3 aromatic rings. The maximum absolute atomic E-state index is 12.9. The van der Waals surface area contributed by atoms with E-state index in [1.165, 1.54) is 0 Å². The van der Waals surface area contributed by atoms with Crippen LogP contribution in [0.15, 0.2) is 95.5 Å². The molecule has 0 heterocycles. The minimum Gasteiger partial charge on any atom is -0.506 e. The molecule has 4 heteroatoms. The third-order valence-corrected chi connectivity index (χ3v) is 4.17. The highest BCUT2D eigenvalue weighted by Gasteiger charge is 2.32. The van der Waals surface area contributed by atoms with Crippen molar-refractivity contribution >= 4 is 28.8 Å². The molecule has 4 nitrogen and oxygen atoms in total. The van der Waals surface area contributed by atoms with Gasteiger partial charge in [-0.15, -0.1) is 0 Å². The Kier molecular flexibility index (Phi) is 4.07. The number of carbonyl (C=O) groups is 1. The van der Waals surface area contributed by atoms with Crippen molar-refractivity contribution in [3.05, 3.63) is 102 Å². The molecule has 0 aliphatic heterocycles. The Balaban J connectivity index is 1.79. The van der Waals surface area contributed by atoms with Crippen LogP contribution in [0.3, 0.4) is 0 Å². The van der Waals surface area contributed by atoms with E-state index in [2.05, 4.69) is 10.3 Å². The molecule has 4 rings (SSSR count). The van der Waals surface area contributed by atoms with Crippen LogP contribution >= 0.6 is 0 Å². The van der Waals surface area contributed by atoms with Crippen molar-refractivity contribution in [1.82, 2.24) is 0 Å². The number of para-hydroxylation sites is 2. The molecule has 0 saturated heterocycles. The van der Waals surface area contributed by atoms with Gasteiger partial charge in [0, 0.05) is 16.8 Å². The number of benzene rings is 3. The molecule has 0 unspecified atom stereocenters. The van der Waals surface area contributed by atoms with Crippen molar-refractivity contribution in [2.75, 3.05) is 5.32 Å². The van der Waals surface area contributed by atoms with E-state index < -0.39 is 0 Å². The zero-order chi connectivity index (χ0) is 17.9. The lowest BCUT2D eigenvalue weighted by molar-refractivity contribution is -0.112. The summed E-state index contributed by atoms with van der Waals surface area (Å²) in [6, 6.07) is 25.9. The van der Waals surface area contributed by atoms with Crippen LogP contribution in [0.4, 0.5) is 11.4 Å². The highest BCUT2D eigenvalue weighted by molar-refractivity contribution is 6.38. The van der Waals surface area contributed by atoms with E-state index in [0.29, 0.717) is 17.0 Å². The largest absolute Gasteiger partial charge is 0.506 e. The number of hydrogen-bond acceptors (Lipinski definition) is 3. The summed E-state index contributed by atoms with van der Waals surface area (Å²) in [5, 5.41) is 13.5. The molecule has 0 spiro atoms. The normalized spacial score (nSPS) is 14.4. The molecule has 26 heavy (non-hydrogen) atoms. The number of fused-ring (bicyclic) bond motifs is 1. The molecule has 2 N–H and O–H groups in total. The summed E-state index contributed by atoms with van der Waals surface area (Å²) in [6.45, 7) is 0. The fraction of sp³-hybridized carbons (Fsp3) is 0. The quantitative estimate of drug-likeness (QED) is 0.724. The maximum atomic E-state index is 12.9. The molecule has 0 fully saturated rings. The Morgan fingerprint density at radius 1 is 0.769 bits per heavy atom. The Bertz CT molecular complexity index is 1020. The smallest absolute Gasteiger partial charge is 0.261 e. The Morgan fingerprint density at radius 2 is 1.35 bits per heavy atom. The second kappa shape index (κ2) is 6.69. The number of aliphatic hydroxyl groups is 1. The molecule has 0 aromatic heterocycles. The monoisotopic (exact) mass is 340 g/mol. The zero-order valence-corrected chi connectivity index (χ0v) is 13.9. The summed E-state index contributed by atoms with van der Waals surface area (Å²) in [5.41, 5.74) is 3.38. The van der Waals surface area contributed by atoms with Gasteiger partial charge in [0.2, 0.25) is 0 Å². The number of rotatable bonds is 3. The van der Waals surface area contributed by atoms with Crippen LogP contribution in [0.25, 0.3) is 5.76 Å². The van der Waals surface area contributed by atoms with E-state index in [4.69, 9.17) is 0 Å². The van der Waals surface area contributed by atoms with Gasteiger partial charge in [0.25, 0.3) is 5.91 Å². The van der Waals surface area contributed by atoms with Crippen molar-refractivity contribution in [3.8, 4) is 0 Å². The van der Waals surface area contributed by atoms with Crippen LogP contribution in [0.2, 0.25) is 0 Å². The van der Waals surface area contributed by atoms with Gasteiger partial charge < -0.3 is 10.4 Å².